The van der Waals surface area contributed by atoms with E-state index >= 15 is 0 Å². The van der Waals surface area contributed by atoms with Crippen LogP contribution in [-0.4, -0.2) is 16.6 Å². The van der Waals surface area contributed by atoms with Gasteiger partial charge in [0.05, 0.1) is 17.4 Å². The number of rotatable bonds is 2. The molecule has 1 atom stereocenters. The summed E-state index contributed by atoms with van der Waals surface area (Å²) in [5, 5.41) is 3.44. The number of anilines is 2. The number of nitrogen functional groups attached to an aromatic ring is 1. The van der Waals surface area contributed by atoms with Gasteiger partial charge in [0.15, 0.2) is 5.82 Å². The maximum Gasteiger partial charge on any atom is 0.224 e. The number of benzene rings is 1. The Kier molecular flexibility index (Phi) is 2.91. The highest BCUT2D eigenvalue weighted by atomic mass is 35.5. The van der Waals surface area contributed by atoms with Crippen LogP contribution in [0.25, 0.3) is 0 Å². The first kappa shape index (κ1) is 12.0. The van der Waals surface area contributed by atoms with Crippen LogP contribution in [0.3, 0.4) is 0 Å². The summed E-state index contributed by atoms with van der Waals surface area (Å²) in [4.78, 5) is 8.14. The Bertz CT molecular complexity index is 632. The average molecular weight is 277 g/mol. The van der Waals surface area contributed by atoms with Gasteiger partial charge in [-0.25, -0.2) is 4.98 Å². The topological polar surface area (TPSA) is 73.1 Å². The Labute approximate surface area is 115 Å². The van der Waals surface area contributed by atoms with E-state index in [0.717, 1.165) is 11.3 Å². The highest BCUT2D eigenvalue weighted by Gasteiger charge is 2.24. The highest BCUT2D eigenvalue weighted by molar-refractivity contribution is 6.28. The molecule has 3 rings (SSSR count). The van der Waals surface area contributed by atoms with Crippen LogP contribution in [-0.2, 0) is 0 Å². The third-order valence-corrected chi connectivity index (χ3v) is 3.29. The van der Waals surface area contributed by atoms with Gasteiger partial charge < -0.3 is 15.8 Å². The van der Waals surface area contributed by atoms with Crippen LogP contribution in [0, 0.1) is 6.92 Å². The number of aromatic nitrogens is 2. The number of nitrogens with one attached hydrogen (secondary N) is 1. The number of para-hydroxylation sites is 1. The van der Waals surface area contributed by atoms with Crippen molar-refractivity contribution >= 4 is 23.1 Å². The summed E-state index contributed by atoms with van der Waals surface area (Å²) in [5.41, 5.74) is 8.22. The Morgan fingerprint density at radius 3 is 3.00 bits per heavy atom. The number of nitrogens with two attached hydrogens (primary N) is 1. The van der Waals surface area contributed by atoms with E-state index < -0.39 is 0 Å². The fourth-order valence-electron chi connectivity index (χ4n) is 2.10. The zero-order valence-electron chi connectivity index (χ0n) is 10.4. The molecular weight excluding hydrogens is 264 g/mol. The maximum atomic E-state index is 5.96. The van der Waals surface area contributed by atoms with Crippen molar-refractivity contribution in [3.63, 3.8) is 0 Å². The van der Waals surface area contributed by atoms with E-state index in [4.69, 9.17) is 22.1 Å². The average Bonchev–Trinajstić information content (AvgIpc) is 2.79. The zero-order valence-corrected chi connectivity index (χ0v) is 11.1. The first-order valence-electron chi connectivity index (χ1n) is 5.93. The molecule has 98 valence electrons. The molecule has 1 aliphatic heterocycles. The summed E-state index contributed by atoms with van der Waals surface area (Å²) in [5.74, 6) is 1.43. The van der Waals surface area contributed by atoms with E-state index in [9.17, 15) is 0 Å². The van der Waals surface area contributed by atoms with Crippen LogP contribution in [0.4, 0.5) is 11.5 Å². The number of aryl methyl sites for hydroxylation is 1. The first-order valence-corrected chi connectivity index (χ1v) is 6.31. The largest absolute Gasteiger partial charge is 0.491 e. The summed E-state index contributed by atoms with van der Waals surface area (Å²) in [6, 6.07) is 7.90. The van der Waals surface area contributed by atoms with Crippen molar-refractivity contribution in [3.05, 3.63) is 40.8 Å². The number of hydrogen-bond acceptors (Lipinski definition) is 5. The summed E-state index contributed by atoms with van der Waals surface area (Å²) in [7, 11) is 0. The summed E-state index contributed by atoms with van der Waals surface area (Å²) in [6.07, 6.45) is 0. The highest BCUT2D eigenvalue weighted by Crippen LogP contribution is 2.35. The van der Waals surface area contributed by atoms with E-state index in [0.29, 0.717) is 23.8 Å². The second kappa shape index (κ2) is 4.59. The van der Waals surface area contributed by atoms with E-state index in [1.165, 1.54) is 0 Å². The van der Waals surface area contributed by atoms with Crippen molar-refractivity contribution < 1.29 is 4.74 Å². The van der Waals surface area contributed by atoms with Gasteiger partial charge in [-0.1, -0.05) is 18.2 Å². The fraction of sp³-hybridized carbons (Fsp3) is 0.231. The third kappa shape index (κ3) is 2.17. The Balaban J connectivity index is 1.92. The smallest absolute Gasteiger partial charge is 0.224 e. The van der Waals surface area contributed by atoms with Crippen LogP contribution in [0.1, 0.15) is 17.3 Å². The molecule has 1 aromatic heterocycles. The minimum atomic E-state index is 0.0175. The summed E-state index contributed by atoms with van der Waals surface area (Å²) >= 11 is 5.86. The standard InChI is InChI=1S/C13H13ClN4O/c1-7-11(15)12(18-13(14)16-7)17-9-6-19-10-5-3-2-4-8(9)10/h2-5,9H,6,15H2,1H3,(H,16,17,18). The van der Waals surface area contributed by atoms with Gasteiger partial charge in [-0.3, -0.25) is 0 Å². The number of halogens is 1. The third-order valence-electron chi connectivity index (χ3n) is 3.12. The lowest BCUT2D eigenvalue weighted by molar-refractivity contribution is 0.339. The van der Waals surface area contributed by atoms with E-state index in [2.05, 4.69) is 15.3 Å². The molecule has 0 aliphatic carbocycles. The van der Waals surface area contributed by atoms with Crippen LogP contribution in [0.5, 0.6) is 5.75 Å². The minimum absolute atomic E-state index is 0.0175. The van der Waals surface area contributed by atoms with Crippen molar-refractivity contribution in [2.75, 3.05) is 17.7 Å². The molecule has 6 heteroatoms. The molecule has 1 unspecified atom stereocenters. The van der Waals surface area contributed by atoms with Crippen molar-refractivity contribution in [1.29, 1.82) is 0 Å². The van der Waals surface area contributed by atoms with E-state index in [-0.39, 0.29) is 11.3 Å². The summed E-state index contributed by atoms with van der Waals surface area (Å²) in [6.45, 7) is 2.34. The Morgan fingerprint density at radius 1 is 1.37 bits per heavy atom. The van der Waals surface area contributed by atoms with Gasteiger partial charge in [0.1, 0.15) is 12.4 Å². The molecule has 0 amide bonds. The molecule has 2 heterocycles. The molecule has 0 fully saturated rings. The summed E-state index contributed by atoms with van der Waals surface area (Å²) < 4.78 is 5.60. The van der Waals surface area contributed by atoms with Crippen molar-refractivity contribution in [2.45, 2.75) is 13.0 Å². The van der Waals surface area contributed by atoms with Crippen molar-refractivity contribution in [3.8, 4) is 5.75 Å². The van der Waals surface area contributed by atoms with Gasteiger partial charge in [-0.2, -0.15) is 4.98 Å². The molecule has 3 N–H and O–H groups in total. The SMILES string of the molecule is Cc1nc(Cl)nc(NC2COc3ccccc32)c1N. The van der Waals surface area contributed by atoms with Gasteiger partial charge in [-0.05, 0) is 24.6 Å². The lowest BCUT2D eigenvalue weighted by Gasteiger charge is -2.15. The van der Waals surface area contributed by atoms with Crippen LogP contribution in [0.2, 0.25) is 5.28 Å². The van der Waals surface area contributed by atoms with Crippen molar-refractivity contribution in [2.24, 2.45) is 0 Å². The normalized spacial score (nSPS) is 16.8. The molecule has 5 nitrogen and oxygen atoms in total. The molecule has 0 bridgehead atoms. The molecule has 1 aliphatic rings. The molecule has 0 spiro atoms. The minimum Gasteiger partial charge on any atom is -0.491 e. The van der Waals surface area contributed by atoms with Crippen LogP contribution in [0.15, 0.2) is 24.3 Å². The number of hydrogen-bond donors (Lipinski definition) is 2. The molecule has 0 radical (unpaired) electrons. The number of fused-ring (bicyclic) bond motifs is 1. The second-order valence-corrected chi connectivity index (χ2v) is 4.72. The number of nitrogens with zero attached hydrogens (tertiary/aromatic N) is 2. The van der Waals surface area contributed by atoms with E-state index in [1.807, 2.05) is 24.3 Å². The van der Waals surface area contributed by atoms with Gasteiger partial charge >= 0.3 is 0 Å². The zero-order chi connectivity index (χ0) is 13.4. The fourth-order valence-corrected chi connectivity index (χ4v) is 2.32. The van der Waals surface area contributed by atoms with Crippen molar-refractivity contribution in [1.82, 2.24) is 9.97 Å². The first-order chi connectivity index (χ1) is 9.15. The predicted octanol–water partition coefficient (Wildman–Crippen LogP) is 2.57. The molecule has 1 aromatic carbocycles. The Morgan fingerprint density at radius 2 is 2.16 bits per heavy atom. The molecule has 0 saturated heterocycles. The van der Waals surface area contributed by atoms with Crippen LogP contribution >= 0.6 is 11.6 Å². The number of ether oxygens (including phenoxy) is 1. The van der Waals surface area contributed by atoms with Gasteiger partial charge in [0, 0.05) is 5.56 Å². The Hall–Kier alpha value is -2.01. The monoisotopic (exact) mass is 276 g/mol. The van der Waals surface area contributed by atoms with Crippen LogP contribution < -0.4 is 15.8 Å². The quantitative estimate of drug-likeness (QED) is 0.825. The second-order valence-electron chi connectivity index (χ2n) is 4.39. The predicted molar refractivity (Wildman–Crippen MR) is 74.5 cm³/mol. The maximum absolute atomic E-state index is 5.96. The molecule has 19 heavy (non-hydrogen) atoms. The molecular formula is C13H13ClN4O. The molecule has 2 aromatic rings. The lowest BCUT2D eigenvalue weighted by atomic mass is 10.1. The van der Waals surface area contributed by atoms with Gasteiger partial charge in [0.25, 0.3) is 0 Å². The van der Waals surface area contributed by atoms with Gasteiger partial charge in [-0.15, -0.1) is 0 Å². The molecule has 0 saturated carbocycles. The lowest BCUT2D eigenvalue weighted by Crippen LogP contribution is -2.15. The van der Waals surface area contributed by atoms with Gasteiger partial charge in [0.2, 0.25) is 5.28 Å². The van der Waals surface area contributed by atoms with E-state index in [1.54, 1.807) is 6.92 Å².